The SMILES string of the molecule is C[C@@H]1CC2=CC(=O)CC[C@@H]2[C@@H]2CC[C@]3(C)[C@H](CC[C@@]3(C)O)[C@@H]21. The van der Waals surface area contributed by atoms with Crippen molar-refractivity contribution in [2.45, 2.75) is 71.3 Å². The molecule has 1 N–H and O–H groups in total. The Morgan fingerprint density at radius 1 is 1.18 bits per heavy atom. The molecule has 2 heteroatoms. The number of carbonyl (C=O) groups is 1. The normalized spacial score (nSPS) is 54.3. The molecule has 2 nitrogen and oxygen atoms in total. The van der Waals surface area contributed by atoms with E-state index in [0.29, 0.717) is 23.5 Å². The first kappa shape index (κ1) is 14.9. The zero-order valence-electron chi connectivity index (χ0n) is 14.3. The molecule has 0 aliphatic heterocycles. The number of ketones is 1. The van der Waals surface area contributed by atoms with Crippen LogP contribution in [0.5, 0.6) is 0 Å². The van der Waals surface area contributed by atoms with Crippen LogP contribution in [0.4, 0.5) is 0 Å². The number of hydrogen-bond donors (Lipinski definition) is 1. The third-order valence-corrected chi connectivity index (χ3v) is 8.20. The number of carbonyl (C=O) groups excluding carboxylic acids is 1. The smallest absolute Gasteiger partial charge is 0.155 e. The van der Waals surface area contributed by atoms with Gasteiger partial charge in [0.25, 0.3) is 0 Å². The molecule has 0 unspecified atom stereocenters. The molecule has 3 saturated carbocycles. The van der Waals surface area contributed by atoms with Gasteiger partial charge in [0, 0.05) is 6.42 Å². The Morgan fingerprint density at radius 2 is 1.95 bits per heavy atom. The van der Waals surface area contributed by atoms with Crippen molar-refractivity contribution >= 4 is 5.78 Å². The van der Waals surface area contributed by atoms with Crippen LogP contribution < -0.4 is 0 Å². The van der Waals surface area contributed by atoms with Gasteiger partial charge in [0.2, 0.25) is 0 Å². The first-order valence-electron chi connectivity index (χ1n) is 9.29. The van der Waals surface area contributed by atoms with Gasteiger partial charge >= 0.3 is 0 Å². The van der Waals surface area contributed by atoms with E-state index >= 15 is 0 Å². The Balaban J connectivity index is 1.69. The molecular formula is C20H30O2. The zero-order chi connectivity index (χ0) is 15.7. The first-order valence-corrected chi connectivity index (χ1v) is 9.29. The molecule has 0 aromatic carbocycles. The van der Waals surface area contributed by atoms with Crippen molar-refractivity contribution < 1.29 is 9.90 Å². The predicted octanol–water partition coefficient (Wildman–Crippen LogP) is 4.13. The van der Waals surface area contributed by atoms with Gasteiger partial charge in [-0.2, -0.15) is 0 Å². The van der Waals surface area contributed by atoms with E-state index in [4.69, 9.17) is 0 Å². The van der Waals surface area contributed by atoms with E-state index in [2.05, 4.69) is 20.8 Å². The van der Waals surface area contributed by atoms with Gasteiger partial charge in [-0.3, -0.25) is 4.79 Å². The fraction of sp³-hybridized carbons (Fsp3) is 0.850. The minimum absolute atomic E-state index is 0.105. The molecule has 0 bridgehead atoms. The van der Waals surface area contributed by atoms with Crippen LogP contribution >= 0.6 is 0 Å². The summed E-state index contributed by atoms with van der Waals surface area (Å²) < 4.78 is 0. The predicted molar refractivity (Wildman–Crippen MR) is 87.3 cm³/mol. The molecule has 0 saturated heterocycles. The molecule has 3 fully saturated rings. The van der Waals surface area contributed by atoms with Crippen LogP contribution in [0.15, 0.2) is 11.6 Å². The lowest BCUT2D eigenvalue weighted by Crippen LogP contribution is -2.53. The molecule has 4 rings (SSSR count). The van der Waals surface area contributed by atoms with Gasteiger partial charge in [0.05, 0.1) is 5.60 Å². The van der Waals surface area contributed by atoms with E-state index in [-0.39, 0.29) is 5.41 Å². The third-order valence-electron chi connectivity index (χ3n) is 8.20. The van der Waals surface area contributed by atoms with Crippen LogP contribution in [-0.2, 0) is 4.79 Å². The van der Waals surface area contributed by atoms with Gasteiger partial charge in [-0.25, -0.2) is 0 Å². The molecule has 0 aromatic rings. The minimum Gasteiger partial charge on any atom is -0.390 e. The van der Waals surface area contributed by atoms with Crippen molar-refractivity contribution in [2.75, 3.05) is 0 Å². The van der Waals surface area contributed by atoms with Crippen molar-refractivity contribution in [1.82, 2.24) is 0 Å². The Labute approximate surface area is 134 Å². The number of fused-ring (bicyclic) bond motifs is 5. The Bertz CT molecular complexity index is 532. The van der Waals surface area contributed by atoms with Crippen molar-refractivity contribution in [2.24, 2.45) is 35.0 Å². The van der Waals surface area contributed by atoms with Crippen LogP contribution in [0.1, 0.15) is 65.7 Å². The molecule has 0 spiro atoms. The molecule has 7 atom stereocenters. The standard InChI is InChI=1S/C20H30O2/c1-12-10-13-11-14(21)4-5-15(13)16-6-8-19(2)17(18(12)16)7-9-20(19,3)22/h11-12,15-18,22H,4-10H2,1-3H3/t12-,15+,16+,17-,18-,19-,20-/m1/s1. The van der Waals surface area contributed by atoms with Crippen LogP contribution in [0, 0.1) is 35.0 Å². The van der Waals surface area contributed by atoms with Gasteiger partial charge < -0.3 is 5.11 Å². The number of aliphatic hydroxyl groups is 1. The second kappa shape index (κ2) is 4.69. The Kier molecular flexibility index (Phi) is 3.18. The lowest BCUT2D eigenvalue weighted by molar-refractivity contribution is -0.121. The van der Waals surface area contributed by atoms with E-state index in [1.165, 1.54) is 18.4 Å². The fourth-order valence-electron chi connectivity index (χ4n) is 6.83. The summed E-state index contributed by atoms with van der Waals surface area (Å²) in [6, 6.07) is 0. The van der Waals surface area contributed by atoms with Crippen LogP contribution in [-0.4, -0.2) is 16.5 Å². The summed E-state index contributed by atoms with van der Waals surface area (Å²) in [5.41, 5.74) is 1.08. The van der Waals surface area contributed by atoms with E-state index in [1.54, 1.807) is 0 Å². The van der Waals surface area contributed by atoms with Gasteiger partial charge in [-0.1, -0.05) is 19.4 Å². The first-order chi connectivity index (χ1) is 10.3. The number of rotatable bonds is 0. The highest BCUT2D eigenvalue weighted by atomic mass is 16.3. The maximum atomic E-state index is 11.8. The molecule has 122 valence electrons. The molecule has 4 aliphatic rings. The fourth-order valence-corrected chi connectivity index (χ4v) is 6.83. The van der Waals surface area contributed by atoms with Crippen molar-refractivity contribution in [1.29, 1.82) is 0 Å². The lowest BCUT2D eigenvalue weighted by atomic mass is 9.48. The molecule has 0 aromatic heterocycles. The Hall–Kier alpha value is -0.630. The maximum absolute atomic E-state index is 11.8. The lowest BCUT2D eigenvalue weighted by Gasteiger charge is -2.57. The highest BCUT2D eigenvalue weighted by Crippen LogP contribution is 2.65. The monoisotopic (exact) mass is 302 g/mol. The summed E-state index contributed by atoms with van der Waals surface area (Å²) in [7, 11) is 0. The van der Waals surface area contributed by atoms with E-state index in [1.807, 2.05) is 6.08 Å². The molecular weight excluding hydrogens is 272 g/mol. The van der Waals surface area contributed by atoms with Gasteiger partial charge in [0.15, 0.2) is 5.78 Å². The third kappa shape index (κ3) is 1.85. The van der Waals surface area contributed by atoms with Crippen LogP contribution in [0.2, 0.25) is 0 Å². The zero-order valence-corrected chi connectivity index (χ0v) is 14.3. The summed E-state index contributed by atoms with van der Waals surface area (Å²) in [4.78, 5) is 11.8. The average molecular weight is 302 g/mol. The number of allylic oxidation sites excluding steroid dienone is 1. The summed E-state index contributed by atoms with van der Waals surface area (Å²) in [6.07, 6.45) is 9.51. The minimum atomic E-state index is -0.485. The van der Waals surface area contributed by atoms with Gasteiger partial charge in [-0.15, -0.1) is 0 Å². The van der Waals surface area contributed by atoms with Crippen LogP contribution in [0.3, 0.4) is 0 Å². The van der Waals surface area contributed by atoms with Crippen LogP contribution in [0.25, 0.3) is 0 Å². The highest BCUT2D eigenvalue weighted by Gasteiger charge is 2.61. The van der Waals surface area contributed by atoms with Crippen molar-refractivity contribution in [3.05, 3.63) is 11.6 Å². The topological polar surface area (TPSA) is 37.3 Å². The molecule has 0 radical (unpaired) electrons. The summed E-state index contributed by atoms with van der Waals surface area (Å²) in [6.45, 7) is 6.82. The largest absolute Gasteiger partial charge is 0.390 e. The second-order valence-corrected chi connectivity index (χ2v) is 9.13. The van der Waals surface area contributed by atoms with E-state index in [9.17, 15) is 9.90 Å². The Morgan fingerprint density at radius 3 is 2.73 bits per heavy atom. The van der Waals surface area contributed by atoms with Crippen molar-refractivity contribution in [3.8, 4) is 0 Å². The summed E-state index contributed by atoms with van der Waals surface area (Å²) in [5.74, 6) is 3.86. The second-order valence-electron chi connectivity index (χ2n) is 9.13. The van der Waals surface area contributed by atoms with Gasteiger partial charge in [-0.05, 0) is 86.5 Å². The number of hydrogen-bond acceptors (Lipinski definition) is 2. The average Bonchev–Trinajstić information content (AvgIpc) is 2.69. The van der Waals surface area contributed by atoms with E-state index < -0.39 is 5.60 Å². The highest BCUT2D eigenvalue weighted by molar-refractivity contribution is 5.91. The van der Waals surface area contributed by atoms with E-state index in [0.717, 1.165) is 43.9 Å². The quantitative estimate of drug-likeness (QED) is 0.730. The maximum Gasteiger partial charge on any atom is 0.155 e. The van der Waals surface area contributed by atoms with Crippen molar-refractivity contribution in [3.63, 3.8) is 0 Å². The molecule has 0 amide bonds. The molecule has 0 heterocycles. The molecule has 4 aliphatic carbocycles. The molecule has 22 heavy (non-hydrogen) atoms. The summed E-state index contributed by atoms with van der Waals surface area (Å²) >= 11 is 0. The summed E-state index contributed by atoms with van der Waals surface area (Å²) in [5, 5.41) is 10.9. The van der Waals surface area contributed by atoms with Gasteiger partial charge in [0.1, 0.15) is 0 Å².